The molecule has 0 N–H and O–H groups in total. The SMILES string of the molecule is c1ccc(CCn2cc3c(ncn4nc(-c5ccco5)nc34)n2)cc1. The molecule has 0 unspecified atom stereocenters. The highest BCUT2D eigenvalue weighted by atomic mass is 16.3. The Morgan fingerprint density at radius 2 is 1.92 bits per heavy atom. The molecule has 0 radical (unpaired) electrons. The quantitative estimate of drug-likeness (QED) is 0.506. The van der Waals surface area contributed by atoms with E-state index in [1.165, 1.54) is 5.56 Å². The Hall–Kier alpha value is -3.48. The minimum absolute atomic E-state index is 0.538. The van der Waals surface area contributed by atoms with Crippen LogP contribution >= 0.6 is 0 Å². The number of furan rings is 1. The standard InChI is InChI=1S/C18H14N6O/c1-2-5-13(6-3-1)8-9-23-11-14-16(21-23)19-12-24-18(14)20-17(22-24)15-7-4-10-25-15/h1-7,10-12H,8-9H2. The Kier molecular flexibility index (Phi) is 3.09. The van der Waals surface area contributed by atoms with Crippen LogP contribution in [-0.4, -0.2) is 29.4 Å². The first kappa shape index (κ1) is 13.9. The lowest BCUT2D eigenvalue weighted by molar-refractivity contribution is 0.577. The molecule has 0 saturated carbocycles. The molecule has 0 aliphatic rings. The summed E-state index contributed by atoms with van der Waals surface area (Å²) in [4.78, 5) is 8.96. The average Bonchev–Trinajstić information content (AvgIpc) is 3.37. The Morgan fingerprint density at radius 3 is 2.76 bits per heavy atom. The van der Waals surface area contributed by atoms with Gasteiger partial charge in [0.05, 0.1) is 11.6 Å². The minimum Gasteiger partial charge on any atom is -0.461 e. The number of aryl methyl sites for hydroxylation is 2. The van der Waals surface area contributed by atoms with Gasteiger partial charge in [0.15, 0.2) is 17.1 Å². The lowest BCUT2D eigenvalue weighted by Crippen LogP contribution is -2.01. The molecule has 0 spiro atoms. The van der Waals surface area contributed by atoms with Gasteiger partial charge in [0.25, 0.3) is 0 Å². The predicted molar refractivity (Wildman–Crippen MR) is 91.9 cm³/mol. The summed E-state index contributed by atoms with van der Waals surface area (Å²) in [5, 5.41) is 9.85. The molecule has 4 aromatic heterocycles. The Balaban J connectivity index is 1.51. The van der Waals surface area contributed by atoms with Crippen LogP contribution in [0.3, 0.4) is 0 Å². The van der Waals surface area contributed by atoms with Crippen LogP contribution in [0.15, 0.2) is 65.7 Å². The summed E-state index contributed by atoms with van der Waals surface area (Å²) in [6.07, 6.45) is 6.12. The lowest BCUT2D eigenvalue weighted by atomic mass is 10.1. The van der Waals surface area contributed by atoms with Gasteiger partial charge < -0.3 is 4.42 Å². The summed E-state index contributed by atoms with van der Waals surface area (Å²) in [7, 11) is 0. The first-order chi connectivity index (χ1) is 12.4. The van der Waals surface area contributed by atoms with E-state index < -0.39 is 0 Å². The van der Waals surface area contributed by atoms with Gasteiger partial charge in [-0.25, -0.2) is 14.5 Å². The fourth-order valence-corrected chi connectivity index (χ4v) is 2.87. The van der Waals surface area contributed by atoms with Crippen LogP contribution in [0.5, 0.6) is 0 Å². The van der Waals surface area contributed by atoms with Crippen LogP contribution in [0.4, 0.5) is 0 Å². The summed E-state index contributed by atoms with van der Waals surface area (Å²) in [6, 6.07) is 14.0. The van der Waals surface area contributed by atoms with E-state index in [0.29, 0.717) is 17.2 Å². The van der Waals surface area contributed by atoms with Gasteiger partial charge in [0.1, 0.15) is 6.33 Å². The van der Waals surface area contributed by atoms with Crippen molar-refractivity contribution in [1.82, 2.24) is 29.4 Å². The third-order valence-corrected chi connectivity index (χ3v) is 4.12. The monoisotopic (exact) mass is 330 g/mol. The second-order valence-electron chi connectivity index (χ2n) is 5.79. The first-order valence-corrected chi connectivity index (χ1v) is 8.03. The third kappa shape index (κ3) is 2.46. The van der Waals surface area contributed by atoms with Gasteiger partial charge in [-0.3, -0.25) is 4.68 Å². The van der Waals surface area contributed by atoms with E-state index in [0.717, 1.165) is 24.0 Å². The second kappa shape index (κ2) is 5.55. The van der Waals surface area contributed by atoms with E-state index in [-0.39, 0.29) is 0 Å². The van der Waals surface area contributed by atoms with Gasteiger partial charge in [-0.1, -0.05) is 30.3 Å². The maximum atomic E-state index is 5.37. The molecular formula is C18H14N6O. The molecule has 0 amide bonds. The molecule has 7 heteroatoms. The summed E-state index contributed by atoms with van der Waals surface area (Å²) in [5.74, 6) is 1.17. The number of hydrogen-bond acceptors (Lipinski definition) is 5. The summed E-state index contributed by atoms with van der Waals surface area (Å²) in [5.41, 5.74) is 2.67. The second-order valence-corrected chi connectivity index (χ2v) is 5.79. The molecule has 122 valence electrons. The lowest BCUT2D eigenvalue weighted by Gasteiger charge is -2.00. The molecule has 4 heterocycles. The van der Waals surface area contributed by atoms with Crippen molar-refractivity contribution in [3.8, 4) is 11.6 Å². The van der Waals surface area contributed by atoms with E-state index in [4.69, 9.17) is 4.42 Å². The van der Waals surface area contributed by atoms with Crippen LogP contribution in [0.25, 0.3) is 28.3 Å². The molecular weight excluding hydrogens is 316 g/mol. The van der Waals surface area contributed by atoms with Crippen molar-refractivity contribution >= 4 is 16.7 Å². The number of nitrogens with zero attached hydrogens (tertiary/aromatic N) is 6. The summed E-state index contributed by atoms with van der Waals surface area (Å²) in [6.45, 7) is 0.783. The fraction of sp³-hybridized carbons (Fsp3) is 0.111. The van der Waals surface area contributed by atoms with Crippen molar-refractivity contribution in [1.29, 1.82) is 0 Å². The molecule has 5 aromatic rings. The van der Waals surface area contributed by atoms with Crippen molar-refractivity contribution in [2.45, 2.75) is 13.0 Å². The molecule has 0 aliphatic carbocycles. The predicted octanol–water partition coefficient (Wildman–Crippen LogP) is 2.98. The zero-order valence-corrected chi connectivity index (χ0v) is 13.3. The zero-order chi connectivity index (χ0) is 16.6. The molecule has 7 nitrogen and oxygen atoms in total. The normalized spacial score (nSPS) is 11.5. The van der Waals surface area contributed by atoms with Gasteiger partial charge in [-0.2, -0.15) is 5.10 Å². The van der Waals surface area contributed by atoms with E-state index >= 15 is 0 Å². The fourth-order valence-electron chi connectivity index (χ4n) is 2.87. The van der Waals surface area contributed by atoms with Crippen LogP contribution in [-0.2, 0) is 13.0 Å². The molecule has 0 saturated heterocycles. The molecule has 0 fully saturated rings. The molecule has 0 atom stereocenters. The van der Waals surface area contributed by atoms with Gasteiger partial charge in [0.2, 0.25) is 5.82 Å². The Morgan fingerprint density at radius 1 is 1.00 bits per heavy atom. The largest absolute Gasteiger partial charge is 0.461 e. The van der Waals surface area contributed by atoms with Crippen LogP contribution in [0.1, 0.15) is 5.56 Å². The highest BCUT2D eigenvalue weighted by Crippen LogP contribution is 2.20. The summed E-state index contributed by atoms with van der Waals surface area (Å²) < 4.78 is 8.94. The van der Waals surface area contributed by atoms with Crippen LogP contribution < -0.4 is 0 Å². The van der Waals surface area contributed by atoms with Gasteiger partial charge in [0, 0.05) is 12.7 Å². The number of rotatable bonds is 4. The number of fused-ring (bicyclic) bond motifs is 3. The van der Waals surface area contributed by atoms with E-state index in [9.17, 15) is 0 Å². The van der Waals surface area contributed by atoms with Crippen molar-refractivity contribution in [2.24, 2.45) is 0 Å². The highest BCUT2D eigenvalue weighted by molar-refractivity contribution is 5.88. The van der Waals surface area contributed by atoms with E-state index in [1.807, 2.05) is 41.2 Å². The maximum absolute atomic E-state index is 5.37. The smallest absolute Gasteiger partial charge is 0.217 e. The maximum Gasteiger partial charge on any atom is 0.217 e. The highest BCUT2D eigenvalue weighted by Gasteiger charge is 2.14. The third-order valence-electron chi connectivity index (χ3n) is 4.12. The number of aromatic nitrogens is 6. The van der Waals surface area contributed by atoms with Crippen molar-refractivity contribution in [2.75, 3.05) is 0 Å². The molecule has 1 aromatic carbocycles. The van der Waals surface area contributed by atoms with E-state index in [2.05, 4.69) is 32.3 Å². The molecule has 0 bridgehead atoms. The summed E-state index contributed by atoms with van der Waals surface area (Å²) >= 11 is 0. The van der Waals surface area contributed by atoms with Gasteiger partial charge in [-0.15, -0.1) is 5.10 Å². The van der Waals surface area contributed by atoms with Crippen LogP contribution in [0, 0.1) is 0 Å². The minimum atomic E-state index is 0.538. The molecule has 25 heavy (non-hydrogen) atoms. The Bertz CT molecular complexity index is 1140. The number of benzene rings is 1. The van der Waals surface area contributed by atoms with Crippen molar-refractivity contribution in [3.05, 3.63) is 66.8 Å². The Labute approximate surface area is 142 Å². The van der Waals surface area contributed by atoms with Crippen LogP contribution in [0.2, 0.25) is 0 Å². The zero-order valence-electron chi connectivity index (χ0n) is 13.3. The number of hydrogen-bond donors (Lipinski definition) is 0. The van der Waals surface area contributed by atoms with Crippen molar-refractivity contribution in [3.63, 3.8) is 0 Å². The van der Waals surface area contributed by atoms with Gasteiger partial charge >= 0.3 is 0 Å². The molecule has 0 aliphatic heterocycles. The molecule has 5 rings (SSSR count). The van der Waals surface area contributed by atoms with E-state index in [1.54, 1.807) is 17.1 Å². The first-order valence-electron chi connectivity index (χ1n) is 8.03. The van der Waals surface area contributed by atoms with Crippen molar-refractivity contribution < 1.29 is 4.42 Å². The topological polar surface area (TPSA) is 74.0 Å². The van der Waals surface area contributed by atoms with Gasteiger partial charge in [-0.05, 0) is 24.1 Å². The average molecular weight is 330 g/mol.